The van der Waals surface area contributed by atoms with E-state index in [2.05, 4.69) is 17.4 Å². The van der Waals surface area contributed by atoms with Crippen molar-refractivity contribution in [1.29, 1.82) is 0 Å². The summed E-state index contributed by atoms with van der Waals surface area (Å²) in [7, 11) is 0. The van der Waals surface area contributed by atoms with Crippen LogP contribution < -0.4 is 11.0 Å². The molecule has 112 valence electrons. The highest BCUT2D eigenvalue weighted by Gasteiger charge is 2.14. The Bertz CT molecular complexity index is 506. The number of aromatic nitrogens is 1. The Hall–Kier alpha value is -1.62. The van der Waals surface area contributed by atoms with Gasteiger partial charge in [-0.2, -0.15) is 0 Å². The van der Waals surface area contributed by atoms with Crippen LogP contribution in [0.15, 0.2) is 10.9 Å². The van der Waals surface area contributed by atoms with Gasteiger partial charge in [0.25, 0.3) is 11.5 Å². The minimum atomic E-state index is -0.496. The molecule has 0 saturated heterocycles. The van der Waals surface area contributed by atoms with Gasteiger partial charge < -0.3 is 4.98 Å². The zero-order valence-corrected chi connectivity index (χ0v) is 12.7. The molecule has 1 aromatic rings. The zero-order chi connectivity index (χ0) is 15.1. The van der Waals surface area contributed by atoms with Crippen LogP contribution in [-0.2, 0) is 17.7 Å². The summed E-state index contributed by atoms with van der Waals surface area (Å²) in [5.74, 6) is -0.184. The number of H-pyrrole nitrogens is 1. The molecular formula is C15H24N2O3. The molecule has 5 nitrogen and oxygen atoms in total. The molecule has 0 saturated carbocycles. The first-order valence-corrected chi connectivity index (χ1v) is 7.16. The quantitative estimate of drug-likeness (QED) is 0.752. The second-order valence-electron chi connectivity index (χ2n) is 5.26. The van der Waals surface area contributed by atoms with Gasteiger partial charge >= 0.3 is 0 Å². The van der Waals surface area contributed by atoms with E-state index in [1.807, 2.05) is 20.8 Å². The molecule has 2 N–H and O–H groups in total. The predicted molar refractivity (Wildman–Crippen MR) is 78.7 cm³/mol. The molecule has 1 amide bonds. The van der Waals surface area contributed by atoms with Crippen molar-refractivity contribution in [3.8, 4) is 0 Å². The van der Waals surface area contributed by atoms with Gasteiger partial charge in [0.15, 0.2) is 0 Å². The summed E-state index contributed by atoms with van der Waals surface area (Å²) < 4.78 is 0. The average Bonchev–Trinajstić information content (AvgIpc) is 2.38. The van der Waals surface area contributed by atoms with Crippen molar-refractivity contribution in [2.24, 2.45) is 5.92 Å². The van der Waals surface area contributed by atoms with Gasteiger partial charge in [-0.15, -0.1) is 0 Å². The van der Waals surface area contributed by atoms with Gasteiger partial charge in [-0.05, 0) is 30.4 Å². The lowest BCUT2D eigenvalue weighted by atomic mass is 10.0. The van der Waals surface area contributed by atoms with Crippen LogP contribution in [0, 0.1) is 5.92 Å². The smallest absolute Gasteiger partial charge is 0.280 e. The number of nitrogens with one attached hydrogen (secondary N) is 2. The number of pyridine rings is 1. The lowest BCUT2D eigenvalue weighted by molar-refractivity contribution is 0.0207. The van der Waals surface area contributed by atoms with Crippen LogP contribution in [0.2, 0.25) is 0 Å². The molecule has 0 spiro atoms. The first-order valence-electron chi connectivity index (χ1n) is 7.16. The summed E-state index contributed by atoms with van der Waals surface area (Å²) in [6.07, 6.45) is 2.54. The maximum atomic E-state index is 11.9. The largest absolute Gasteiger partial charge is 0.325 e. The van der Waals surface area contributed by atoms with E-state index in [1.54, 1.807) is 6.07 Å². The number of carbonyl (C=O) groups excluding carboxylic acids is 1. The van der Waals surface area contributed by atoms with Crippen molar-refractivity contribution in [3.05, 3.63) is 33.2 Å². The van der Waals surface area contributed by atoms with Crippen LogP contribution in [0.4, 0.5) is 0 Å². The highest BCUT2D eigenvalue weighted by molar-refractivity contribution is 5.93. The van der Waals surface area contributed by atoms with Crippen LogP contribution in [0.5, 0.6) is 0 Å². The summed E-state index contributed by atoms with van der Waals surface area (Å²) in [5.41, 5.74) is 3.97. The van der Waals surface area contributed by atoms with Gasteiger partial charge in [0.05, 0.1) is 6.61 Å². The number of hydrogen-bond acceptors (Lipinski definition) is 3. The third kappa shape index (κ3) is 4.49. The Balaban J connectivity index is 2.89. The van der Waals surface area contributed by atoms with Crippen LogP contribution in [0.1, 0.15) is 55.7 Å². The molecule has 0 aliphatic carbocycles. The number of carbonyl (C=O) groups is 1. The standard InChI is InChI=1S/C15H24N2O3/c1-5-7-13-11(6-2)8-12(14(18)16-13)15(19)17-20-9-10(3)4/h8,10H,5-7,9H2,1-4H3,(H,16,18)(H,17,19). The van der Waals surface area contributed by atoms with Crippen molar-refractivity contribution in [2.75, 3.05) is 6.61 Å². The summed E-state index contributed by atoms with van der Waals surface area (Å²) >= 11 is 0. The highest BCUT2D eigenvalue weighted by Crippen LogP contribution is 2.09. The normalized spacial score (nSPS) is 10.8. The Morgan fingerprint density at radius 2 is 2.10 bits per heavy atom. The Morgan fingerprint density at radius 1 is 1.40 bits per heavy atom. The van der Waals surface area contributed by atoms with Gasteiger partial charge in [-0.25, -0.2) is 5.48 Å². The van der Waals surface area contributed by atoms with E-state index in [1.165, 1.54) is 0 Å². The third-order valence-electron chi connectivity index (χ3n) is 2.92. The van der Waals surface area contributed by atoms with E-state index < -0.39 is 5.91 Å². The lowest BCUT2D eigenvalue weighted by Crippen LogP contribution is -2.31. The van der Waals surface area contributed by atoms with Crippen molar-refractivity contribution in [1.82, 2.24) is 10.5 Å². The Kier molecular flexibility index (Phi) is 6.45. The number of hydroxylamine groups is 1. The Labute approximate surface area is 119 Å². The molecule has 1 heterocycles. The van der Waals surface area contributed by atoms with E-state index in [0.717, 1.165) is 30.5 Å². The van der Waals surface area contributed by atoms with E-state index in [0.29, 0.717) is 12.5 Å². The molecule has 0 aromatic carbocycles. The molecule has 1 aromatic heterocycles. The second-order valence-corrected chi connectivity index (χ2v) is 5.26. The summed E-state index contributed by atoms with van der Waals surface area (Å²) in [6.45, 7) is 8.43. The number of amides is 1. The van der Waals surface area contributed by atoms with Crippen LogP contribution in [0.25, 0.3) is 0 Å². The Morgan fingerprint density at radius 3 is 2.65 bits per heavy atom. The van der Waals surface area contributed by atoms with Crippen molar-refractivity contribution in [3.63, 3.8) is 0 Å². The summed E-state index contributed by atoms with van der Waals surface area (Å²) in [5, 5.41) is 0. The molecule has 0 bridgehead atoms. The van der Waals surface area contributed by atoms with Crippen LogP contribution in [0.3, 0.4) is 0 Å². The highest BCUT2D eigenvalue weighted by atomic mass is 16.6. The maximum Gasteiger partial charge on any atom is 0.280 e. The molecule has 20 heavy (non-hydrogen) atoms. The first-order chi connectivity index (χ1) is 9.49. The third-order valence-corrected chi connectivity index (χ3v) is 2.92. The SMILES string of the molecule is CCCc1[nH]c(=O)c(C(=O)NOCC(C)C)cc1CC. The fraction of sp³-hybridized carbons (Fsp3) is 0.600. The average molecular weight is 280 g/mol. The van der Waals surface area contributed by atoms with Gasteiger partial charge in [-0.3, -0.25) is 14.4 Å². The molecule has 1 rings (SSSR count). The fourth-order valence-corrected chi connectivity index (χ4v) is 1.90. The summed E-state index contributed by atoms with van der Waals surface area (Å²) in [6, 6.07) is 1.66. The van der Waals surface area contributed by atoms with Gasteiger partial charge in [0.2, 0.25) is 0 Å². The van der Waals surface area contributed by atoms with E-state index in [9.17, 15) is 9.59 Å². The van der Waals surface area contributed by atoms with Gasteiger partial charge in [0, 0.05) is 5.69 Å². The monoisotopic (exact) mass is 280 g/mol. The lowest BCUT2D eigenvalue weighted by Gasteiger charge is -2.10. The number of aryl methyl sites for hydroxylation is 2. The molecule has 0 unspecified atom stereocenters. The van der Waals surface area contributed by atoms with Crippen LogP contribution >= 0.6 is 0 Å². The van der Waals surface area contributed by atoms with E-state index in [4.69, 9.17) is 4.84 Å². The van der Waals surface area contributed by atoms with Crippen molar-refractivity contribution >= 4 is 5.91 Å². The van der Waals surface area contributed by atoms with Crippen molar-refractivity contribution < 1.29 is 9.63 Å². The molecule has 0 atom stereocenters. The topological polar surface area (TPSA) is 71.2 Å². The van der Waals surface area contributed by atoms with Crippen molar-refractivity contribution in [2.45, 2.75) is 47.0 Å². The minimum Gasteiger partial charge on any atom is -0.325 e. The van der Waals surface area contributed by atoms with Gasteiger partial charge in [-0.1, -0.05) is 34.1 Å². The zero-order valence-electron chi connectivity index (χ0n) is 12.7. The first kappa shape index (κ1) is 16.4. The number of aromatic amines is 1. The molecule has 0 aliphatic heterocycles. The number of rotatable bonds is 7. The maximum absolute atomic E-state index is 11.9. The molecule has 0 fully saturated rings. The minimum absolute atomic E-state index is 0.102. The predicted octanol–water partition coefficient (Wildman–Crippen LogP) is 2.21. The molecule has 5 heteroatoms. The van der Waals surface area contributed by atoms with E-state index >= 15 is 0 Å². The second kappa shape index (κ2) is 7.85. The van der Waals surface area contributed by atoms with Gasteiger partial charge in [0.1, 0.15) is 5.56 Å². The van der Waals surface area contributed by atoms with Crippen LogP contribution in [-0.4, -0.2) is 17.5 Å². The molecule has 0 aliphatic rings. The summed E-state index contributed by atoms with van der Waals surface area (Å²) in [4.78, 5) is 31.7. The molecule has 0 radical (unpaired) electrons. The number of hydrogen-bond donors (Lipinski definition) is 2. The fourth-order valence-electron chi connectivity index (χ4n) is 1.90. The van der Waals surface area contributed by atoms with E-state index in [-0.39, 0.29) is 11.1 Å². The molecular weight excluding hydrogens is 256 g/mol.